The van der Waals surface area contributed by atoms with Crippen LogP contribution in [0.5, 0.6) is 5.75 Å². The predicted octanol–water partition coefficient (Wildman–Crippen LogP) is 4.03. The number of ether oxygens (including phenoxy) is 4. The third-order valence-corrected chi connectivity index (χ3v) is 6.05. The molecule has 1 aliphatic heterocycles. The summed E-state index contributed by atoms with van der Waals surface area (Å²) in [5, 5.41) is 11.4. The summed E-state index contributed by atoms with van der Waals surface area (Å²) in [5.41, 5.74) is 2.32. The van der Waals surface area contributed by atoms with Crippen molar-refractivity contribution in [1.82, 2.24) is 0 Å². The zero-order valence-corrected chi connectivity index (χ0v) is 21.3. The van der Waals surface area contributed by atoms with Crippen LogP contribution in [-0.2, 0) is 30.2 Å². The maximum atomic E-state index is 13.2. The number of aliphatic imine (C=N–C) groups is 1. The van der Waals surface area contributed by atoms with Crippen LogP contribution >= 0.6 is 0 Å². The largest absolute Gasteiger partial charge is 0.490 e. The molecule has 0 aromatic heterocycles. The van der Waals surface area contributed by atoms with E-state index in [1.54, 1.807) is 27.0 Å². The summed E-state index contributed by atoms with van der Waals surface area (Å²) in [6, 6.07) is 13.4. The van der Waals surface area contributed by atoms with E-state index in [2.05, 4.69) is 4.99 Å². The normalized spacial score (nSPS) is 17.1. The number of benzene rings is 2. The number of hydrogen-bond acceptors (Lipinski definition) is 9. The minimum atomic E-state index is -0.939. The van der Waals surface area contributed by atoms with E-state index in [0.717, 1.165) is 12.0 Å². The number of esters is 2. The summed E-state index contributed by atoms with van der Waals surface area (Å²) in [7, 11) is 2.89. The van der Waals surface area contributed by atoms with E-state index < -0.39 is 28.7 Å². The van der Waals surface area contributed by atoms with E-state index in [4.69, 9.17) is 18.9 Å². The van der Waals surface area contributed by atoms with E-state index in [1.165, 1.54) is 25.3 Å². The van der Waals surface area contributed by atoms with Gasteiger partial charge in [0.1, 0.15) is 24.9 Å². The number of carbonyl (C=O) groups excluding carboxylic acids is 2. The Balaban J connectivity index is 1.77. The molecule has 196 valence electrons. The maximum absolute atomic E-state index is 13.2. The summed E-state index contributed by atoms with van der Waals surface area (Å²) in [6.07, 6.45) is 0.795. The molecule has 2 atom stereocenters. The van der Waals surface area contributed by atoms with Crippen LogP contribution in [0, 0.1) is 16.0 Å². The molecular weight excluding hydrogens is 480 g/mol. The molecule has 0 aliphatic carbocycles. The molecule has 1 unspecified atom stereocenters. The van der Waals surface area contributed by atoms with Gasteiger partial charge in [0.2, 0.25) is 0 Å². The fourth-order valence-electron chi connectivity index (χ4n) is 4.27. The molecule has 0 saturated carbocycles. The first-order valence-corrected chi connectivity index (χ1v) is 11.7. The van der Waals surface area contributed by atoms with Crippen LogP contribution < -0.4 is 4.74 Å². The van der Waals surface area contributed by atoms with E-state index >= 15 is 0 Å². The second kappa shape index (κ2) is 12.8. The Hall–Kier alpha value is -4.05. The number of allylic oxidation sites excluding steroid dienone is 1. The number of nitrogens with zero attached hydrogens (tertiary/aromatic N) is 2. The van der Waals surface area contributed by atoms with Crippen LogP contribution in [0.4, 0.5) is 5.69 Å². The Kier molecular flexibility index (Phi) is 9.51. The van der Waals surface area contributed by atoms with Crippen LogP contribution in [0.25, 0.3) is 0 Å². The highest BCUT2D eigenvalue weighted by Crippen LogP contribution is 2.40. The molecular formula is C27H30N2O8. The Labute approximate surface area is 215 Å². The molecule has 1 aliphatic rings. The van der Waals surface area contributed by atoms with Gasteiger partial charge in [0, 0.05) is 36.6 Å². The quantitative estimate of drug-likeness (QED) is 0.192. The van der Waals surface area contributed by atoms with Crippen LogP contribution in [0.3, 0.4) is 0 Å². The Morgan fingerprint density at radius 2 is 1.76 bits per heavy atom. The average molecular weight is 511 g/mol. The summed E-state index contributed by atoms with van der Waals surface area (Å²) in [5.74, 6) is -2.46. The standard InChI is InChI=1S/C27H30N2O8/c1-17-23(26(30)35-4)25(20-6-5-7-21(16-20)29(32)33)24(18(2)28-17)27(31)37-15-14-36-22-10-8-19(9-11-22)12-13-34-3/h5-11,16,23,25H,12-15H2,1-4H3/t23?,25-/m0/s1. The van der Waals surface area contributed by atoms with Crippen molar-refractivity contribution in [1.29, 1.82) is 0 Å². The van der Waals surface area contributed by atoms with Crippen molar-refractivity contribution in [2.45, 2.75) is 26.2 Å². The van der Waals surface area contributed by atoms with Crippen molar-refractivity contribution >= 4 is 23.3 Å². The second-order valence-electron chi connectivity index (χ2n) is 8.45. The van der Waals surface area contributed by atoms with Crippen LogP contribution in [0.1, 0.15) is 30.9 Å². The number of rotatable bonds is 11. The molecule has 3 rings (SSSR count). The van der Waals surface area contributed by atoms with Gasteiger partial charge in [0.15, 0.2) is 0 Å². The van der Waals surface area contributed by atoms with Gasteiger partial charge in [-0.3, -0.25) is 19.9 Å². The molecule has 37 heavy (non-hydrogen) atoms. The molecule has 0 spiro atoms. The summed E-state index contributed by atoms with van der Waals surface area (Å²) in [6.45, 7) is 3.99. The van der Waals surface area contributed by atoms with Gasteiger partial charge in [-0.05, 0) is 43.5 Å². The Morgan fingerprint density at radius 1 is 1.03 bits per heavy atom. The van der Waals surface area contributed by atoms with Crippen molar-refractivity contribution in [2.24, 2.45) is 10.9 Å². The predicted molar refractivity (Wildman–Crippen MR) is 136 cm³/mol. The summed E-state index contributed by atoms with van der Waals surface area (Å²) < 4.78 is 21.2. The topological polar surface area (TPSA) is 127 Å². The van der Waals surface area contributed by atoms with Crippen molar-refractivity contribution < 1.29 is 33.5 Å². The number of non-ortho nitro benzene ring substituents is 1. The monoisotopic (exact) mass is 510 g/mol. The van der Waals surface area contributed by atoms with Crippen LogP contribution in [-0.4, -0.2) is 56.6 Å². The van der Waals surface area contributed by atoms with Gasteiger partial charge < -0.3 is 18.9 Å². The molecule has 2 aromatic carbocycles. The molecule has 2 aromatic rings. The molecule has 0 fully saturated rings. The van der Waals surface area contributed by atoms with Crippen molar-refractivity contribution in [2.75, 3.05) is 34.0 Å². The average Bonchev–Trinajstić information content (AvgIpc) is 2.89. The molecule has 0 bridgehead atoms. The smallest absolute Gasteiger partial charge is 0.336 e. The highest BCUT2D eigenvalue weighted by Gasteiger charge is 2.42. The zero-order valence-electron chi connectivity index (χ0n) is 21.3. The second-order valence-corrected chi connectivity index (χ2v) is 8.45. The third kappa shape index (κ3) is 6.79. The van der Waals surface area contributed by atoms with Crippen molar-refractivity contribution in [3.05, 3.63) is 81.0 Å². The first-order valence-electron chi connectivity index (χ1n) is 11.7. The third-order valence-electron chi connectivity index (χ3n) is 6.05. The van der Waals surface area contributed by atoms with E-state index in [-0.39, 0.29) is 24.5 Å². The molecule has 0 amide bonds. The molecule has 10 nitrogen and oxygen atoms in total. The molecule has 10 heteroatoms. The van der Waals surface area contributed by atoms with Gasteiger partial charge in [-0.1, -0.05) is 24.3 Å². The lowest BCUT2D eigenvalue weighted by Gasteiger charge is -2.31. The van der Waals surface area contributed by atoms with Gasteiger partial charge in [-0.25, -0.2) is 4.79 Å². The number of nitro benzene ring substituents is 1. The molecule has 0 saturated heterocycles. The lowest BCUT2D eigenvalue weighted by molar-refractivity contribution is -0.384. The maximum Gasteiger partial charge on any atom is 0.336 e. The number of hydrogen-bond donors (Lipinski definition) is 0. The molecule has 0 radical (unpaired) electrons. The fraction of sp³-hybridized carbons (Fsp3) is 0.370. The fourth-order valence-corrected chi connectivity index (χ4v) is 4.27. The van der Waals surface area contributed by atoms with E-state index in [0.29, 0.717) is 29.3 Å². The van der Waals surface area contributed by atoms with Crippen LogP contribution in [0.2, 0.25) is 0 Å². The van der Waals surface area contributed by atoms with Crippen molar-refractivity contribution in [3.8, 4) is 5.75 Å². The lowest BCUT2D eigenvalue weighted by atomic mass is 9.75. The Morgan fingerprint density at radius 3 is 2.41 bits per heavy atom. The van der Waals surface area contributed by atoms with Gasteiger partial charge in [-0.2, -0.15) is 0 Å². The number of nitro groups is 1. The molecule has 1 heterocycles. The first-order chi connectivity index (χ1) is 17.8. The minimum Gasteiger partial charge on any atom is -0.490 e. The summed E-state index contributed by atoms with van der Waals surface area (Å²) in [4.78, 5) is 41.2. The highest BCUT2D eigenvalue weighted by atomic mass is 16.6. The lowest BCUT2D eigenvalue weighted by Crippen LogP contribution is -2.36. The summed E-state index contributed by atoms with van der Waals surface area (Å²) >= 11 is 0. The first kappa shape index (κ1) is 27.5. The van der Waals surface area contributed by atoms with Gasteiger partial charge in [0.25, 0.3) is 5.69 Å². The van der Waals surface area contributed by atoms with Gasteiger partial charge in [-0.15, -0.1) is 0 Å². The number of carbonyl (C=O) groups is 2. The highest BCUT2D eigenvalue weighted by molar-refractivity contribution is 6.07. The van der Waals surface area contributed by atoms with Crippen LogP contribution in [0.15, 0.2) is 64.8 Å². The van der Waals surface area contributed by atoms with Crippen molar-refractivity contribution in [3.63, 3.8) is 0 Å². The zero-order chi connectivity index (χ0) is 26.9. The molecule has 0 N–H and O–H groups in total. The van der Waals surface area contributed by atoms with E-state index in [1.807, 2.05) is 24.3 Å². The van der Waals surface area contributed by atoms with Gasteiger partial charge >= 0.3 is 11.9 Å². The van der Waals surface area contributed by atoms with E-state index in [9.17, 15) is 19.7 Å². The Bertz CT molecular complexity index is 1200. The SMILES string of the molecule is COCCc1ccc(OCCOC(=O)C2=C(C)N=C(C)C(C(=O)OC)[C@@H]2c2cccc([N+](=O)[O-])c2)cc1. The van der Waals surface area contributed by atoms with Gasteiger partial charge in [0.05, 0.1) is 24.2 Å². The minimum absolute atomic E-state index is 0.0473. The number of methoxy groups -OCH3 is 2.